The summed E-state index contributed by atoms with van der Waals surface area (Å²) in [4.78, 5) is 24.1. The normalized spacial score (nSPS) is 11.5. The van der Waals surface area contributed by atoms with Gasteiger partial charge in [-0.25, -0.2) is 0 Å². The van der Waals surface area contributed by atoms with Crippen molar-refractivity contribution in [2.24, 2.45) is 0 Å². The molecule has 0 aliphatic carbocycles. The number of hydrogen-bond acceptors (Lipinski definition) is 4. The molecule has 0 saturated carbocycles. The van der Waals surface area contributed by atoms with Crippen molar-refractivity contribution in [3.05, 3.63) is 53.6 Å². The number of hydrogen-bond donors (Lipinski definition) is 2. The van der Waals surface area contributed by atoms with Crippen molar-refractivity contribution >= 4 is 46.6 Å². The van der Waals surface area contributed by atoms with Gasteiger partial charge in [0.1, 0.15) is 5.75 Å². The summed E-state index contributed by atoms with van der Waals surface area (Å²) in [5, 5.41) is 5.82. The quantitative estimate of drug-likeness (QED) is 0.762. The van der Waals surface area contributed by atoms with Crippen molar-refractivity contribution in [2.75, 3.05) is 23.5 Å². The minimum atomic E-state index is -0.363. The Balaban J connectivity index is 1.77. The van der Waals surface area contributed by atoms with E-state index < -0.39 is 0 Å². The van der Waals surface area contributed by atoms with Gasteiger partial charge in [0.05, 0.1) is 18.1 Å². The SMILES string of the molecule is COc1ccc(NC(=O)C(C)SCC(=O)Nc2ccc(Cl)cc2)cc1. The average molecular weight is 379 g/mol. The number of halogens is 1. The third-order valence-electron chi connectivity index (χ3n) is 3.32. The number of benzene rings is 2. The number of amides is 2. The Morgan fingerprint density at radius 3 is 2.20 bits per heavy atom. The van der Waals surface area contributed by atoms with E-state index in [1.807, 2.05) is 0 Å². The molecule has 7 heteroatoms. The molecule has 0 aromatic heterocycles. The average Bonchev–Trinajstić information content (AvgIpc) is 2.62. The van der Waals surface area contributed by atoms with E-state index in [0.717, 1.165) is 5.75 Å². The highest BCUT2D eigenvalue weighted by atomic mass is 35.5. The van der Waals surface area contributed by atoms with Gasteiger partial charge in [-0.05, 0) is 55.5 Å². The molecule has 2 aromatic rings. The first-order valence-corrected chi connectivity index (χ1v) is 9.02. The molecule has 0 radical (unpaired) electrons. The van der Waals surface area contributed by atoms with Crippen LogP contribution in [-0.2, 0) is 9.59 Å². The Hall–Kier alpha value is -2.18. The zero-order valence-electron chi connectivity index (χ0n) is 13.9. The second kappa shape index (κ2) is 9.34. The Kier molecular flexibility index (Phi) is 7.16. The molecule has 132 valence electrons. The van der Waals surface area contributed by atoms with E-state index in [4.69, 9.17) is 16.3 Å². The molecule has 0 saturated heterocycles. The molecule has 2 N–H and O–H groups in total. The Morgan fingerprint density at radius 2 is 1.60 bits per heavy atom. The minimum absolute atomic E-state index is 0.158. The van der Waals surface area contributed by atoms with Crippen LogP contribution in [0.25, 0.3) is 0 Å². The lowest BCUT2D eigenvalue weighted by Gasteiger charge is -2.12. The van der Waals surface area contributed by atoms with Gasteiger partial charge in [0.15, 0.2) is 0 Å². The highest BCUT2D eigenvalue weighted by Gasteiger charge is 2.15. The Labute approximate surface area is 156 Å². The fraction of sp³-hybridized carbons (Fsp3) is 0.222. The molecule has 0 aliphatic rings. The molecule has 2 aromatic carbocycles. The van der Waals surface area contributed by atoms with Gasteiger partial charge in [0, 0.05) is 16.4 Å². The van der Waals surface area contributed by atoms with E-state index in [2.05, 4.69) is 10.6 Å². The number of methoxy groups -OCH3 is 1. The molecule has 1 unspecified atom stereocenters. The molecule has 0 fully saturated rings. The third kappa shape index (κ3) is 6.32. The van der Waals surface area contributed by atoms with Crippen LogP contribution >= 0.6 is 23.4 Å². The van der Waals surface area contributed by atoms with E-state index in [1.165, 1.54) is 11.8 Å². The standard InChI is InChI=1S/C18H19ClN2O3S/c1-12(18(23)21-15-7-9-16(24-2)10-8-15)25-11-17(22)20-14-5-3-13(19)4-6-14/h3-10,12H,11H2,1-2H3,(H,20,22)(H,21,23). The van der Waals surface area contributed by atoms with E-state index >= 15 is 0 Å². The largest absolute Gasteiger partial charge is 0.497 e. The molecule has 1 atom stereocenters. The van der Waals surface area contributed by atoms with Crippen LogP contribution in [0.1, 0.15) is 6.92 Å². The van der Waals surface area contributed by atoms with E-state index in [0.29, 0.717) is 16.4 Å². The summed E-state index contributed by atoms with van der Waals surface area (Å²) in [6.45, 7) is 1.76. The van der Waals surface area contributed by atoms with Crippen LogP contribution in [-0.4, -0.2) is 29.9 Å². The monoisotopic (exact) mass is 378 g/mol. The number of thioether (sulfide) groups is 1. The maximum absolute atomic E-state index is 12.2. The van der Waals surface area contributed by atoms with Crippen molar-refractivity contribution in [2.45, 2.75) is 12.2 Å². The van der Waals surface area contributed by atoms with Crippen LogP contribution in [0.2, 0.25) is 5.02 Å². The van der Waals surface area contributed by atoms with Crippen LogP contribution < -0.4 is 15.4 Å². The molecule has 0 spiro atoms. The number of anilines is 2. The van der Waals surface area contributed by atoms with Crippen molar-refractivity contribution in [3.63, 3.8) is 0 Å². The highest BCUT2D eigenvalue weighted by Crippen LogP contribution is 2.18. The van der Waals surface area contributed by atoms with Gasteiger partial charge in [-0.15, -0.1) is 11.8 Å². The lowest BCUT2D eigenvalue weighted by Crippen LogP contribution is -2.25. The molecule has 0 bridgehead atoms. The molecule has 5 nitrogen and oxygen atoms in total. The van der Waals surface area contributed by atoms with Crippen LogP contribution in [0, 0.1) is 0 Å². The second-order valence-corrected chi connectivity index (χ2v) is 6.99. The maximum Gasteiger partial charge on any atom is 0.237 e. The van der Waals surface area contributed by atoms with Gasteiger partial charge in [-0.3, -0.25) is 9.59 Å². The van der Waals surface area contributed by atoms with Gasteiger partial charge < -0.3 is 15.4 Å². The van der Waals surface area contributed by atoms with E-state index in [-0.39, 0.29) is 22.8 Å². The molecule has 2 rings (SSSR count). The second-order valence-electron chi connectivity index (χ2n) is 5.23. The summed E-state index contributed by atoms with van der Waals surface area (Å²) in [5.41, 5.74) is 1.36. The first-order chi connectivity index (χ1) is 12.0. The summed E-state index contributed by atoms with van der Waals surface area (Å²) in [6.07, 6.45) is 0. The highest BCUT2D eigenvalue weighted by molar-refractivity contribution is 8.01. The topological polar surface area (TPSA) is 67.4 Å². The number of carbonyl (C=O) groups excluding carboxylic acids is 2. The minimum Gasteiger partial charge on any atom is -0.497 e. The molecule has 0 heterocycles. The number of ether oxygens (including phenoxy) is 1. The van der Waals surface area contributed by atoms with E-state index in [9.17, 15) is 9.59 Å². The van der Waals surface area contributed by atoms with Gasteiger partial charge in [-0.2, -0.15) is 0 Å². The zero-order chi connectivity index (χ0) is 18.2. The fourth-order valence-electron chi connectivity index (χ4n) is 1.92. The summed E-state index contributed by atoms with van der Waals surface area (Å²) < 4.78 is 5.07. The van der Waals surface area contributed by atoms with Gasteiger partial charge in [0.25, 0.3) is 0 Å². The Morgan fingerprint density at radius 1 is 1.04 bits per heavy atom. The predicted molar refractivity (Wildman–Crippen MR) is 104 cm³/mol. The summed E-state index contributed by atoms with van der Waals surface area (Å²) in [7, 11) is 1.58. The smallest absolute Gasteiger partial charge is 0.237 e. The molecular weight excluding hydrogens is 360 g/mol. The van der Waals surface area contributed by atoms with Gasteiger partial charge in [0.2, 0.25) is 11.8 Å². The summed E-state index contributed by atoms with van der Waals surface area (Å²) in [6, 6.07) is 13.9. The Bertz CT molecular complexity index is 720. The lowest BCUT2D eigenvalue weighted by molar-refractivity contribution is -0.115. The van der Waals surface area contributed by atoms with Crippen molar-refractivity contribution in [1.29, 1.82) is 0 Å². The first kappa shape index (κ1) is 19.1. The van der Waals surface area contributed by atoms with E-state index in [1.54, 1.807) is 62.6 Å². The van der Waals surface area contributed by atoms with Crippen LogP contribution in [0.4, 0.5) is 11.4 Å². The van der Waals surface area contributed by atoms with Gasteiger partial charge >= 0.3 is 0 Å². The van der Waals surface area contributed by atoms with Crippen molar-refractivity contribution < 1.29 is 14.3 Å². The molecule has 2 amide bonds. The molecular formula is C18H19ClN2O3S. The van der Waals surface area contributed by atoms with Crippen molar-refractivity contribution in [1.82, 2.24) is 0 Å². The van der Waals surface area contributed by atoms with Crippen molar-refractivity contribution in [3.8, 4) is 5.75 Å². The summed E-state index contributed by atoms with van der Waals surface area (Å²) >= 11 is 7.07. The van der Waals surface area contributed by atoms with Crippen LogP contribution in [0.3, 0.4) is 0 Å². The summed E-state index contributed by atoms with van der Waals surface area (Å²) in [5.74, 6) is 0.574. The molecule has 0 aliphatic heterocycles. The van der Waals surface area contributed by atoms with Crippen LogP contribution in [0.5, 0.6) is 5.75 Å². The van der Waals surface area contributed by atoms with Gasteiger partial charge in [-0.1, -0.05) is 11.6 Å². The number of nitrogens with one attached hydrogen (secondary N) is 2. The third-order valence-corrected chi connectivity index (χ3v) is 4.71. The fourth-order valence-corrected chi connectivity index (χ4v) is 2.73. The first-order valence-electron chi connectivity index (χ1n) is 7.60. The maximum atomic E-state index is 12.2. The number of carbonyl (C=O) groups is 2. The molecule has 25 heavy (non-hydrogen) atoms. The van der Waals surface area contributed by atoms with Crippen LogP contribution in [0.15, 0.2) is 48.5 Å². The zero-order valence-corrected chi connectivity index (χ0v) is 15.5. The number of rotatable bonds is 7. The predicted octanol–water partition coefficient (Wildman–Crippen LogP) is 4.05. The lowest BCUT2D eigenvalue weighted by atomic mass is 10.3.